The van der Waals surface area contributed by atoms with Crippen molar-refractivity contribution < 1.29 is 44.1 Å². The molecule has 0 aliphatic carbocycles. The van der Waals surface area contributed by atoms with Gasteiger partial charge in [0.2, 0.25) is 11.8 Å². The Balaban J connectivity index is 0.00000144. The number of likely N-dealkylation sites (tertiary alicyclic amines) is 1. The van der Waals surface area contributed by atoms with E-state index < -0.39 is 54.1 Å². The predicted molar refractivity (Wildman–Crippen MR) is 149 cm³/mol. The van der Waals surface area contributed by atoms with Crippen LogP contribution in [0.15, 0.2) is 54.6 Å². The number of hydrogen-bond donors (Lipinski definition) is 7. The average Bonchev–Trinajstić information content (AvgIpc) is 3.42. The number of rotatable bonds is 11. The molecule has 0 bridgehead atoms. The number of carbonyl (C=O) groups excluding carboxylic acids is 3. The third kappa shape index (κ3) is 10.4. The van der Waals surface area contributed by atoms with E-state index >= 15 is 0 Å². The number of amidine groups is 1. The zero-order valence-electron chi connectivity index (χ0n) is 22.8. The molecule has 1 fully saturated rings. The first kappa shape index (κ1) is 32.9. The van der Waals surface area contributed by atoms with Gasteiger partial charge in [-0.05, 0) is 24.1 Å². The number of nitrogens with two attached hydrogens (primary N) is 1. The Bertz CT molecular complexity index is 1310. The molecule has 0 saturated carbocycles. The lowest BCUT2D eigenvalue weighted by Crippen LogP contribution is -2.54. The van der Waals surface area contributed by atoms with Gasteiger partial charge in [-0.15, -0.1) is 0 Å². The molecule has 0 radical (unpaired) electrons. The minimum absolute atomic E-state index is 0.0251. The zero-order chi connectivity index (χ0) is 31.4. The lowest BCUT2D eigenvalue weighted by atomic mass is 10.0. The number of nitrogen functional groups attached to an aromatic ring is 1. The van der Waals surface area contributed by atoms with Crippen LogP contribution in [0.1, 0.15) is 41.3 Å². The molecular formula is C28H33N5O9. The van der Waals surface area contributed by atoms with Gasteiger partial charge in [0.1, 0.15) is 17.9 Å². The van der Waals surface area contributed by atoms with E-state index in [1.165, 1.54) is 17.0 Å². The molecule has 14 heteroatoms. The number of carboxylic acids is 3. The van der Waals surface area contributed by atoms with Crippen molar-refractivity contribution in [1.29, 1.82) is 5.41 Å². The smallest absolute Gasteiger partial charge is 0.326 e. The fourth-order valence-electron chi connectivity index (χ4n) is 4.13. The van der Waals surface area contributed by atoms with Gasteiger partial charge in [0, 0.05) is 37.6 Å². The number of amides is 3. The maximum atomic E-state index is 12.9. The number of aliphatic carboxylic acids is 3. The highest BCUT2D eigenvalue weighted by molar-refractivity contribution is 5.99. The summed E-state index contributed by atoms with van der Waals surface area (Å²) in [5.41, 5.74) is 6.92. The Hall–Kier alpha value is -5.27. The molecule has 1 heterocycles. The van der Waals surface area contributed by atoms with Crippen molar-refractivity contribution in [2.24, 2.45) is 11.7 Å². The highest BCUT2D eigenvalue weighted by Gasteiger charge is 2.35. The largest absolute Gasteiger partial charge is 0.481 e. The summed E-state index contributed by atoms with van der Waals surface area (Å²) in [7, 11) is 0. The molecule has 8 N–H and O–H groups in total. The van der Waals surface area contributed by atoms with Crippen molar-refractivity contribution in [2.75, 3.05) is 13.1 Å². The van der Waals surface area contributed by atoms with Crippen molar-refractivity contribution in [3.63, 3.8) is 0 Å². The number of benzene rings is 2. The summed E-state index contributed by atoms with van der Waals surface area (Å²) in [5, 5.41) is 38.4. The first-order chi connectivity index (χ1) is 19.8. The highest BCUT2D eigenvalue weighted by atomic mass is 16.4. The van der Waals surface area contributed by atoms with Gasteiger partial charge in [0.15, 0.2) is 0 Å². The Morgan fingerprint density at radius 2 is 1.50 bits per heavy atom. The van der Waals surface area contributed by atoms with Crippen LogP contribution in [-0.4, -0.2) is 86.9 Å². The van der Waals surface area contributed by atoms with Crippen LogP contribution in [0.4, 0.5) is 0 Å². The molecule has 2 aromatic carbocycles. The molecule has 42 heavy (non-hydrogen) atoms. The minimum Gasteiger partial charge on any atom is -0.481 e. The van der Waals surface area contributed by atoms with E-state index in [0.717, 1.165) is 6.92 Å². The zero-order valence-corrected chi connectivity index (χ0v) is 22.8. The van der Waals surface area contributed by atoms with Gasteiger partial charge in [-0.2, -0.15) is 0 Å². The van der Waals surface area contributed by atoms with Crippen LogP contribution in [0, 0.1) is 11.3 Å². The molecule has 0 unspecified atom stereocenters. The first-order valence-corrected chi connectivity index (χ1v) is 12.8. The standard InChI is InChI=1S/C26H29N5O7.C2H4O2/c27-22(28)16-6-8-17(9-7-16)25(36)31-11-10-18(14-31)23(34)29-19(13-21(32)33)24(35)30-20(26(37)38)12-15-4-2-1-3-5-15;1-2(3)4/h1-9,18-20H,10-14H2,(H3,27,28)(H,29,34)(H,30,35)(H,32,33)(H,37,38);1H3,(H,3,4)/t18-,19+,20+;/m1./s1. The van der Waals surface area contributed by atoms with E-state index in [9.17, 15) is 34.2 Å². The van der Waals surface area contributed by atoms with Crippen molar-refractivity contribution in [1.82, 2.24) is 15.5 Å². The van der Waals surface area contributed by atoms with Crippen molar-refractivity contribution in [3.05, 3.63) is 71.3 Å². The Labute approximate surface area is 241 Å². The SMILES string of the molecule is CC(=O)O.N=C(N)c1ccc(C(=O)N2CC[C@@H](C(=O)N[C@@H](CC(=O)O)C(=O)N[C@@H](Cc3ccccc3)C(=O)O)C2)cc1. The monoisotopic (exact) mass is 583 g/mol. The summed E-state index contributed by atoms with van der Waals surface area (Å²) in [5.74, 6) is -6.15. The molecule has 3 atom stereocenters. The van der Waals surface area contributed by atoms with E-state index in [0.29, 0.717) is 23.1 Å². The number of hydrogen-bond acceptors (Lipinski definition) is 7. The quantitative estimate of drug-likeness (QED) is 0.141. The van der Waals surface area contributed by atoms with Gasteiger partial charge in [0.05, 0.1) is 12.3 Å². The molecule has 2 aromatic rings. The Morgan fingerprint density at radius 3 is 2.02 bits per heavy atom. The molecule has 14 nitrogen and oxygen atoms in total. The van der Waals surface area contributed by atoms with E-state index in [1.807, 2.05) is 0 Å². The average molecular weight is 584 g/mol. The maximum absolute atomic E-state index is 12.9. The van der Waals surface area contributed by atoms with Gasteiger partial charge >= 0.3 is 11.9 Å². The van der Waals surface area contributed by atoms with Crippen LogP contribution < -0.4 is 16.4 Å². The molecule has 3 amide bonds. The van der Waals surface area contributed by atoms with Crippen LogP contribution >= 0.6 is 0 Å². The van der Waals surface area contributed by atoms with Crippen molar-refractivity contribution in [3.8, 4) is 0 Å². The fourth-order valence-corrected chi connectivity index (χ4v) is 4.13. The predicted octanol–water partition coefficient (Wildman–Crippen LogP) is 0.295. The molecule has 0 aromatic heterocycles. The van der Waals surface area contributed by atoms with E-state index in [1.54, 1.807) is 42.5 Å². The van der Waals surface area contributed by atoms with Crippen LogP contribution in [0.2, 0.25) is 0 Å². The molecule has 1 saturated heterocycles. The van der Waals surface area contributed by atoms with Crippen LogP contribution in [-0.2, 0) is 30.4 Å². The van der Waals surface area contributed by atoms with E-state index in [-0.39, 0.29) is 31.3 Å². The first-order valence-electron chi connectivity index (χ1n) is 12.8. The van der Waals surface area contributed by atoms with Gasteiger partial charge in [-0.1, -0.05) is 42.5 Å². The molecule has 3 rings (SSSR count). The summed E-state index contributed by atoms with van der Waals surface area (Å²) in [4.78, 5) is 72.1. The number of nitrogens with zero attached hydrogens (tertiary/aromatic N) is 1. The van der Waals surface area contributed by atoms with E-state index in [2.05, 4.69) is 10.6 Å². The van der Waals surface area contributed by atoms with Gasteiger partial charge in [-0.3, -0.25) is 29.4 Å². The van der Waals surface area contributed by atoms with Crippen molar-refractivity contribution >= 4 is 41.5 Å². The number of carbonyl (C=O) groups is 6. The second kappa shape index (κ2) is 15.5. The summed E-state index contributed by atoms with van der Waals surface area (Å²) in [6.45, 7) is 1.42. The Kier molecular flexibility index (Phi) is 12.2. The molecule has 0 spiro atoms. The van der Waals surface area contributed by atoms with Gasteiger partial charge in [0.25, 0.3) is 11.9 Å². The molecule has 224 valence electrons. The normalized spacial score (nSPS) is 15.3. The Morgan fingerprint density at radius 1 is 0.929 bits per heavy atom. The second-order valence-electron chi connectivity index (χ2n) is 9.49. The van der Waals surface area contributed by atoms with Crippen LogP contribution in [0.25, 0.3) is 0 Å². The summed E-state index contributed by atoms with van der Waals surface area (Å²) in [6.07, 6.45) is -0.466. The minimum atomic E-state index is -1.50. The highest BCUT2D eigenvalue weighted by Crippen LogP contribution is 2.20. The maximum Gasteiger partial charge on any atom is 0.326 e. The van der Waals surface area contributed by atoms with Gasteiger partial charge < -0.3 is 36.6 Å². The second-order valence-corrected chi connectivity index (χ2v) is 9.49. The third-order valence-corrected chi connectivity index (χ3v) is 6.20. The molecule has 1 aliphatic heterocycles. The lowest BCUT2D eigenvalue weighted by Gasteiger charge is -2.22. The van der Waals surface area contributed by atoms with Crippen LogP contribution in [0.5, 0.6) is 0 Å². The topological polar surface area (TPSA) is 240 Å². The van der Waals surface area contributed by atoms with Crippen LogP contribution in [0.3, 0.4) is 0 Å². The molecule has 1 aliphatic rings. The third-order valence-electron chi connectivity index (χ3n) is 6.20. The van der Waals surface area contributed by atoms with Gasteiger partial charge in [-0.25, -0.2) is 4.79 Å². The fraction of sp³-hybridized carbons (Fsp3) is 0.321. The lowest BCUT2D eigenvalue weighted by molar-refractivity contribution is -0.143. The van der Waals surface area contributed by atoms with E-state index in [4.69, 9.17) is 21.0 Å². The summed E-state index contributed by atoms with van der Waals surface area (Å²) < 4.78 is 0. The number of carboxylic acid groups (broad SMARTS) is 3. The number of nitrogens with one attached hydrogen (secondary N) is 3. The molecular weight excluding hydrogens is 550 g/mol. The van der Waals surface area contributed by atoms with Crippen molar-refractivity contribution in [2.45, 2.75) is 38.3 Å². The summed E-state index contributed by atoms with van der Waals surface area (Å²) in [6, 6.07) is 11.9. The summed E-state index contributed by atoms with van der Waals surface area (Å²) >= 11 is 0.